The van der Waals surface area contributed by atoms with Crippen molar-refractivity contribution in [2.24, 2.45) is 0 Å². The van der Waals surface area contributed by atoms with Crippen molar-refractivity contribution in [3.05, 3.63) is 83.1 Å². The van der Waals surface area contributed by atoms with Crippen LogP contribution in [0.3, 0.4) is 0 Å². The zero-order valence-corrected chi connectivity index (χ0v) is 18.5. The first-order chi connectivity index (χ1) is 16.6. The van der Waals surface area contributed by atoms with E-state index in [2.05, 4.69) is 25.4 Å². The molecule has 0 bridgehead atoms. The molecule has 0 aliphatic heterocycles. The van der Waals surface area contributed by atoms with Gasteiger partial charge in [0.05, 0.1) is 17.7 Å². The minimum absolute atomic E-state index is 0.131. The number of nitrogens with zero attached hydrogens (tertiary/aromatic N) is 5. The number of imidazole rings is 1. The minimum Gasteiger partial charge on any atom is -0.329 e. The largest absolute Gasteiger partial charge is 0.329 e. The van der Waals surface area contributed by atoms with Crippen LogP contribution in [0.4, 0.5) is 16.0 Å². The van der Waals surface area contributed by atoms with Crippen molar-refractivity contribution in [2.75, 3.05) is 5.32 Å². The minimum atomic E-state index is -0.362. The predicted octanol–water partition coefficient (Wildman–Crippen LogP) is 4.75. The van der Waals surface area contributed by atoms with E-state index in [4.69, 9.17) is 0 Å². The number of anilines is 2. The number of hydrogen-bond donors (Lipinski definition) is 2. The van der Waals surface area contributed by atoms with Gasteiger partial charge >= 0.3 is 0 Å². The van der Waals surface area contributed by atoms with Crippen LogP contribution < -0.4 is 10.9 Å². The monoisotopic (exact) mass is 455 g/mol. The zero-order valence-electron chi connectivity index (χ0n) is 18.5. The highest BCUT2D eigenvalue weighted by atomic mass is 19.1. The Labute approximate surface area is 194 Å². The van der Waals surface area contributed by atoms with Gasteiger partial charge in [0, 0.05) is 41.5 Å². The number of aromatic nitrogens is 6. The molecule has 0 unspecified atom stereocenters. The number of rotatable bonds is 6. The van der Waals surface area contributed by atoms with Crippen LogP contribution in [0.25, 0.3) is 27.8 Å². The summed E-state index contributed by atoms with van der Waals surface area (Å²) < 4.78 is 18.5. The fraction of sp³-hybridized carbons (Fsp3) is 0.200. The maximum Gasteiger partial charge on any atom is 0.255 e. The molecule has 34 heavy (non-hydrogen) atoms. The van der Waals surface area contributed by atoms with Crippen molar-refractivity contribution in [3.8, 4) is 17.1 Å². The quantitative estimate of drug-likeness (QED) is 0.385. The highest BCUT2D eigenvalue weighted by molar-refractivity contribution is 5.85. The van der Waals surface area contributed by atoms with Crippen LogP contribution in [0.1, 0.15) is 31.4 Å². The summed E-state index contributed by atoms with van der Waals surface area (Å²) in [5.74, 6) is 1.12. The van der Waals surface area contributed by atoms with E-state index < -0.39 is 0 Å². The highest BCUT2D eigenvalue weighted by Gasteiger charge is 2.26. The topological polar surface area (TPSA) is 93.4 Å². The van der Waals surface area contributed by atoms with E-state index in [1.54, 1.807) is 33.9 Å². The van der Waals surface area contributed by atoms with Gasteiger partial charge in [-0.15, -0.1) is 5.10 Å². The molecule has 170 valence electrons. The summed E-state index contributed by atoms with van der Waals surface area (Å²) in [7, 11) is 0. The second-order valence-electron chi connectivity index (χ2n) is 8.45. The second-order valence-corrected chi connectivity index (χ2v) is 8.45. The molecule has 5 aromatic rings. The van der Waals surface area contributed by atoms with Crippen molar-refractivity contribution in [1.29, 1.82) is 0 Å². The number of nitrogens with one attached hydrogen (secondary N) is 2. The number of benzene rings is 2. The summed E-state index contributed by atoms with van der Waals surface area (Å²) >= 11 is 0. The van der Waals surface area contributed by atoms with E-state index in [9.17, 15) is 4.79 Å². The number of pyridine rings is 1. The van der Waals surface area contributed by atoms with Gasteiger partial charge in [-0.05, 0) is 67.6 Å². The lowest BCUT2D eigenvalue weighted by molar-refractivity contribution is 0.618. The molecule has 3 aromatic heterocycles. The van der Waals surface area contributed by atoms with E-state index in [1.807, 2.05) is 37.4 Å². The van der Waals surface area contributed by atoms with E-state index >= 15 is 4.39 Å². The number of aryl methyl sites for hydroxylation is 1. The van der Waals surface area contributed by atoms with Gasteiger partial charge in [0.15, 0.2) is 5.82 Å². The van der Waals surface area contributed by atoms with Crippen LogP contribution in [0, 0.1) is 5.82 Å². The van der Waals surface area contributed by atoms with Gasteiger partial charge in [-0.3, -0.25) is 4.79 Å². The Morgan fingerprint density at radius 3 is 2.85 bits per heavy atom. The summed E-state index contributed by atoms with van der Waals surface area (Å²) in [6, 6.07) is 12.3. The van der Waals surface area contributed by atoms with Crippen molar-refractivity contribution in [2.45, 2.75) is 32.2 Å². The number of halogens is 1. The summed E-state index contributed by atoms with van der Waals surface area (Å²) in [6.45, 7) is 2.55. The third kappa shape index (κ3) is 3.64. The normalized spacial score (nSPS) is 13.5. The molecular weight excluding hydrogens is 433 g/mol. The van der Waals surface area contributed by atoms with Gasteiger partial charge in [0.2, 0.25) is 5.95 Å². The molecule has 2 N–H and O–H groups in total. The Kier molecular flexibility index (Phi) is 4.75. The van der Waals surface area contributed by atoms with Crippen LogP contribution in [-0.4, -0.2) is 29.3 Å². The maximum absolute atomic E-state index is 15.0. The Morgan fingerprint density at radius 1 is 1.18 bits per heavy atom. The molecule has 8 nitrogen and oxygen atoms in total. The Hall–Kier alpha value is -4.27. The van der Waals surface area contributed by atoms with Crippen LogP contribution in [0.2, 0.25) is 0 Å². The van der Waals surface area contributed by atoms with Crippen molar-refractivity contribution in [1.82, 2.24) is 29.3 Å². The highest BCUT2D eigenvalue weighted by Crippen LogP contribution is 2.39. The summed E-state index contributed by atoms with van der Waals surface area (Å²) in [6.07, 6.45) is 7.49. The van der Waals surface area contributed by atoms with Crippen LogP contribution in [-0.2, 0) is 6.54 Å². The molecular formula is C25H22FN7O. The van der Waals surface area contributed by atoms with Gasteiger partial charge < -0.3 is 14.9 Å². The van der Waals surface area contributed by atoms with Crippen LogP contribution in [0.15, 0.2) is 66.0 Å². The van der Waals surface area contributed by atoms with Crippen molar-refractivity contribution >= 4 is 22.4 Å². The van der Waals surface area contributed by atoms with Crippen molar-refractivity contribution in [3.63, 3.8) is 0 Å². The molecule has 1 aliphatic rings. The van der Waals surface area contributed by atoms with Gasteiger partial charge in [-0.25, -0.2) is 14.1 Å². The average Bonchev–Trinajstić information content (AvgIpc) is 3.43. The Morgan fingerprint density at radius 2 is 2.06 bits per heavy atom. The smallest absolute Gasteiger partial charge is 0.255 e. The number of aromatic amines is 1. The second kappa shape index (κ2) is 7.95. The van der Waals surface area contributed by atoms with Crippen LogP contribution in [0.5, 0.6) is 0 Å². The standard InChI is InChI=1S/C25H22FN7O/c1-2-33-25(29-18-6-7-19-16(11-18)9-10-27-24(19)34)30-23(31-33)17-5-8-22(20(26)12-17)32-13-21(28-14-32)15-3-4-15/h5-15H,2-4H2,1H3,(H,27,34)(H,29,30,31). The third-order valence-electron chi connectivity index (χ3n) is 6.08. The molecule has 0 saturated heterocycles. The van der Waals surface area contributed by atoms with Crippen LogP contribution >= 0.6 is 0 Å². The van der Waals surface area contributed by atoms with Gasteiger partial charge in [-0.2, -0.15) is 4.98 Å². The summed E-state index contributed by atoms with van der Waals surface area (Å²) in [5, 5.41) is 9.25. The fourth-order valence-corrected chi connectivity index (χ4v) is 4.09. The predicted molar refractivity (Wildman–Crippen MR) is 128 cm³/mol. The molecule has 3 heterocycles. The van der Waals surface area contributed by atoms with Gasteiger partial charge in [0.25, 0.3) is 5.56 Å². The molecule has 1 aliphatic carbocycles. The van der Waals surface area contributed by atoms with Crippen molar-refractivity contribution < 1.29 is 4.39 Å². The SMILES string of the molecule is CCn1nc(-c2ccc(-n3cnc(C4CC4)c3)c(F)c2)nc1Nc1ccc2c(=O)[nH]ccc2c1. The molecule has 6 rings (SSSR count). The Bertz CT molecular complexity index is 1580. The van der Waals surface area contributed by atoms with E-state index in [-0.39, 0.29) is 11.4 Å². The Balaban J connectivity index is 1.29. The zero-order chi connectivity index (χ0) is 23.2. The molecule has 0 spiro atoms. The third-order valence-corrected chi connectivity index (χ3v) is 6.08. The molecule has 0 atom stereocenters. The molecule has 9 heteroatoms. The molecule has 2 aromatic carbocycles. The lowest BCUT2D eigenvalue weighted by atomic mass is 10.1. The summed E-state index contributed by atoms with van der Waals surface area (Å²) in [4.78, 5) is 23.6. The lowest BCUT2D eigenvalue weighted by Crippen LogP contribution is -2.06. The van der Waals surface area contributed by atoms with Gasteiger partial charge in [-0.1, -0.05) is 0 Å². The number of hydrogen-bond acceptors (Lipinski definition) is 5. The molecule has 1 fully saturated rings. The first-order valence-electron chi connectivity index (χ1n) is 11.3. The first-order valence-corrected chi connectivity index (χ1v) is 11.3. The van der Waals surface area contributed by atoms with E-state index in [0.717, 1.165) is 29.6 Å². The molecule has 0 amide bonds. The maximum atomic E-state index is 15.0. The average molecular weight is 455 g/mol. The number of fused-ring (bicyclic) bond motifs is 1. The number of H-pyrrole nitrogens is 1. The summed E-state index contributed by atoms with van der Waals surface area (Å²) in [5.41, 5.74) is 2.69. The first kappa shape index (κ1) is 20.3. The molecule has 1 saturated carbocycles. The lowest BCUT2D eigenvalue weighted by Gasteiger charge is -2.07. The molecule has 0 radical (unpaired) electrons. The van der Waals surface area contributed by atoms with E-state index in [0.29, 0.717) is 40.9 Å². The fourth-order valence-electron chi connectivity index (χ4n) is 4.09. The van der Waals surface area contributed by atoms with Gasteiger partial charge in [0.1, 0.15) is 5.82 Å². The van der Waals surface area contributed by atoms with E-state index in [1.165, 1.54) is 6.07 Å².